The number of piperidine rings is 1. The number of carbonyl (C=O) groups excluding carboxylic acids is 2. The van der Waals surface area contributed by atoms with Crippen LogP contribution in [-0.2, 0) is 14.3 Å². The molecule has 2 rings (SSSR count). The molecule has 1 aliphatic heterocycles. The topological polar surface area (TPSA) is 55.8 Å². The lowest BCUT2D eigenvalue weighted by Crippen LogP contribution is -2.47. The van der Waals surface area contributed by atoms with Crippen molar-refractivity contribution in [3.8, 4) is 0 Å². The number of methoxy groups -OCH3 is 1. The summed E-state index contributed by atoms with van der Waals surface area (Å²) in [6.45, 7) is 6.39. The Morgan fingerprint density at radius 3 is 2.39 bits per heavy atom. The number of hydrogen-bond donors (Lipinski definition) is 0. The molecule has 0 N–H and O–H groups in total. The van der Waals surface area contributed by atoms with Gasteiger partial charge in [-0.25, -0.2) is 4.79 Å². The third-order valence-electron chi connectivity index (χ3n) is 4.00. The highest BCUT2D eigenvalue weighted by molar-refractivity contribution is 5.76. The first kappa shape index (κ1) is 17.3. The van der Waals surface area contributed by atoms with Gasteiger partial charge in [0.1, 0.15) is 5.60 Å². The van der Waals surface area contributed by atoms with Gasteiger partial charge in [-0.2, -0.15) is 0 Å². The minimum atomic E-state index is -0.547. The molecule has 1 aromatic rings. The van der Waals surface area contributed by atoms with Gasteiger partial charge in [-0.1, -0.05) is 30.3 Å². The lowest BCUT2D eigenvalue weighted by atomic mass is 9.80. The summed E-state index contributed by atoms with van der Waals surface area (Å²) >= 11 is 0. The number of hydrogen-bond acceptors (Lipinski definition) is 4. The van der Waals surface area contributed by atoms with Gasteiger partial charge in [0, 0.05) is 19.0 Å². The molecule has 0 aromatic heterocycles. The molecule has 23 heavy (non-hydrogen) atoms. The van der Waals surface area contributed by atoms with Gasteiger partial charge < -0.3 is 14.4 Å². The minimum Gasteiger partial charge on any atom is -0.469 e. The molecule has 1 heterocycles. The molecule has 0 spiro atoms. The summed E-state index contributed by atoms with van der Waals surface area (Å²) in [6.07, 6.45) is 0.334. The van der Waals surface area contributed by atoms with E-state index in [-0.39, 0.29) is 23.9 Å². The van der Waals surface area contributed by atoms with E-state index in [2.05, 4.69) is 0 Å². The summed E-state index contributed by atoms with van der Waals surface area (Å²) in [5.74, 6) is -0.599. The van der Waals surface area contributed by atoms with E-state index < -0.39 is 5.60 Å². The predicted octanol–water partition coefficient (Wildman–Crippen LogP) is 3.20. The van der Waals surface area contributed by atoms with E-state index in [0.29, 0.717) is 19.5 Å². The van der Waals surface area contributed by atoms with Crippen molar-refractivity contribution in [1.29, 1.82) is 0 Å². The Morgan fingerprint density at radius 1 is 1.17 bits per heavy atom. The number of benzene rings is 1. The summed E-state index contributed by atoms with van der Waals surface area (Å²) in [6, 6.07) is 9.91. The molecule has 5 nitrogen and oxygen atoms in total. The van der Waals surface area contributed by atoms with Crippen LogP contribution in [0.1, 0.15) is 38.7 Å². The largest absolute Gasteiger partial charge is 0.469 e. The fraction of sp³-hybridized carbons (Fsp3) is 0.556. The lowest BCUT2D eigenvalue weighted by Gasteiger charge is -2.37. The highest BCUT2D eigenvalue weighted by atomic mass is 16.6. The standard InChI is InChI=1S/C18H25NO4/c1-18(2,3)23-17(21)19-11-10-14(13-8-6-5-7-9-13)15(12-19)16(20)22-4/h5-9,14-15H,10-12H2,1-4H3/t14-,15+/m0/s1. The Balaban J connectivity index is 2.15. The van der Waals surface area contributed by atoms with Crippen LogP contribution < -0.4 is 0 Å². The molecule has 0 bridgehead atoms. The van der Waals surface area contributed by atoms with Crippen LogP contribution >= 0.6 is 0 Å². The zero-order valence-corrected chi connectivity index (χ0v) is 14.2. The SMILES string of the molecule is COC(=O)[C@@H]1CN(C(=O)OC(C)(C)C)CC[C@H]1c1ccccc1. The Hall–Kier alpha value is -2.04. The molecule has 0 unspecified atom stereocenters. The molecule has 126 valence electrons. The van der Waals surface area contributed by atoms with Gasteiger partial charge in [-0.3, -0.25) is 4.79 Å². The van der Waals surface area contributed by atoms with E-state index in [1.165, 1.54) is 7.11 Å². The van der Waals surface area contributed by atoms with Crippen LogP contribution in [0.3, 0.4) is 0 Å². The van der Waals surface area contributed by atoms with Crippen molar-refractivity contribution in [2.75, 3.05) is 20.2 Å². The second-order valence-electron chi connectivity index (χ2n) is 6.86. The first-order valence-electron chi connectivity index (χ1n) is 7.92. The zero-order chi connectivity index (χ0) is 17.0. The maximum Gasteiger partial charge on any atom is 0.410 e. The first-order valence-corrected chi connectivity index (χ1v) is 7.92. The van der Waals surface area contributed by atoms with Crippen LogP contribution in [-0.4, -0.2) is 42.8 Å². The van der Waals surface area contributed by atoms with Crippen molar-refractivity contribution < 1.29 is 19.1 Å². The maximum atomic E-state index is 12.3. The highest BCUT2D eigenvalue weighted by Gasteiger charge is 2.38. The van der Waals surface area contributed by atoms with Gasteiger partial charge in [0.15, 0.2) is 0 Å². The summed E-state index contributed by atoms with van der Waals surface area (Å²) in [5.41, 5.74) is 0.556. The predicted molar refractivity (Wildman–Crippen MR) is 87.1 cm³/mol. The third kappa shape index (κ3) is 4.47. The minimum absolute atomic E-state index is 0.0577. The molecular weight excluding hydrogens is 294 g/mol. The monoisotopic (exact) mass is 319 g/mol. The molecule has 0 radical (unpaired) electrons. The summed E-state index contributed by atoms with van der Waals surface area (Å²) in [5, 5.41) is 0. The molecule has 1 amide bonds. The molecule has 1 aromatic carbocycles. The van der Waals surface area contributed by atoms with Crippen LogP contribution in [0.5, 0.6) is 0 Å². The van der Waals surface area contributed by atoms with Crippen LogP contribution in [0.2, 0.25) is 0 Å². The second-order valence-corrected chi connectivity index (χ2v) is 6.86. The molecule has 0 aliphatic carbocycles. The van der Waals surface area contributed by atoms with E-state index in [0.717, 1.165) is 5.56 Å². The molecule has 5 heteroatoms. The van der Waals surface area contributed by atoms with Crippen molar-refractivity contribution in [2.24, 2.45) is 5.92 Å². The van der Waals surface area contributed by atoms with Crippen LogP contribution in [0, 0.1) is 5.92 Å². The van der Waals surface area contributed by atoms with E-state index in [1.807, 2.05) is 51.1 Å². The summed E-state index contributed by atoms with van der Waals surface area (Å²) in [4.78, 5) is 26.1. The second kappa shape index (κ2) is 7.02. The van der Waals surface area contributed by atoms with Crippen molar-refractivity contribution in [3.63, 3.8) is 0 Å². The third-order valence-corrected chi connectivity index (χ3v) is 4.00. The number of amides is 1. The van der Waals surface area contributed by atoms with Crippen molar-refractivity contribution >= 4 is 12.1 Å². The summed E-state index contributed by atoms with van der Waals surface area (Å²) < 4.78 is 10.4. The van der Waals surface area contributed by atoms with E-state index in [9.17, 15) is 9.59 Å². The molecule has 2 atom stereocenters. The van der Waals surface area contributed by atoms with Crippen molar-refractivity contribution in [3.05, 3.63) is 35.9 Å². The maximum absolute atomic E-state index is 12.3. The quantitative estimate of drug-likeness (QED) is 0.786. The molecule has 0 saturated carbocycles. The van der Waals surface area contributed by atoms with Gasteiger partial charge in [0.2, 0.25) is 0 Å². The number of nitrogens with zero attached hydrogens (tertiary/aromatic N) is 1. The molecule has 1 aliphatic rings. The van der Waals surface area contributed by atoms with Gasteiger partial charge in [-0.05, 0) is 32.8 Å². The number of esters is 1. The van der Waals surface area contributed by atoms with Gasteiger partial charge in [-0.15, -0.1) is 0 Å². The normalized spacial score (nSPS) is 21.7. The molecule has 1 saturated heterocycles. The lowest BCUT2D eigenvalue weighted by molar-refractivity contribution is -0.148. The van der Waals surface area contributed by atoms with Crippen molar-refractivity contribution in [1.82, 2.24) is 4.90 Å². The average Bonchev–Trinajstić information content (AvgIpc) is 2.52. The van der Waals surface area contributed by atoms with Gasteiger partial charge >= 0.3 is 12.1 Å². The number of likely N-dealkylation sites (tertiary alicyclic amines) is 1. The van der Waals surface area contributed by atoms with E-state index in [1.54, 1.807) is 4.90 Å². The number of carbonyl (C=O) groups is 2. The first-order chi connectivity index (χ1) is 10.8. The highest BCUT2D eigenvalue weighted by Crippen LogP contribution is 2.34. The smallest absolute Gasteiger partial charge is 0.410 e. The Kier molecular flexibility index (Phi) is 5.29. The van der Waals surface area contributed by atoms with Crippen molar-refractivity contribution in [2.45, 2.75) is 38.7 Å². The van der Waals surface area contributed by atoms with Crippen LogP contribution in [0.25, 0.3) is 0 Å². The van der Waals surface area contributed by atoms with Crippen LogP contribution in [0.4, 0.5) is 4.79 Å². The van der Waals surface area contributed by atoms with Gasteiger partial charge in [0.25, 0.3) is 0 Å². The fourth-order valence-electron chi connectivity index (χ4n) is 2.93. The molecule has 1 fully saturated rings. The Morgan fingerprint density at radius 2 is 1.83 bits per heavy atom. The summed E-state index contributed by atoms with van der Waals surface area (Å²) in [7, 11) is 1.39. The van der Waals surface area contributed by atoms with Gasteiger partial charge in [0.05, 0.1) is 13.0 Å². The molecular formula is C18H25NO4. The Bertz CT molecular complexity index is 550. The Labute approximate surface area is 137 Å². The van der Waals surface area contributed by atoms with Crippen LogP contribution in [0.15, 0.2) is 30.3 Å². The number of ether oxygens (including phenoxy) is 2. The number of rotatable bonds is 2. The van der Waals surface area contributed by atoms with E-state index >= 15 is 0 Å². The average molecular weight is 319 g/mol. The fourth-order valence-corrected chi connectivity index (χ4v) is 2.93. The zero-order valence-electron chi connectivity index (χ0n) is 14.2. The van der Waals surface area contributed by atoms with E-state index in [4.69, 9.17) is 9.47 Å².